The molecule has 1 rings (SSSR count). The number of ether oxygens (including phenoxy) is 6. The van der Waals surface area contributed by atoms with Crippen LogP contribution in [0.25, 0.3) is 0 Å². The van der Waals surface area contributed by atoms with Crippen molar-refractivity contribution < 1.29 is 42.8 Å². The standard InChI is InChI=1S/C53H93NO9/c1-5-9-12-15-18-19-20-21-22-23-24-25-26-27-30-37-50(55)60-45-49(47-63-53(57)62-44-48-36-35-40-54(8-4)43-48)46-61-51(56)38-31-32-39-52(58-41-33-28-16-13-10-6-2)59-42-34-29-17-14-11-7-3/h10-11,13-14,18-19,21-22,48-49,52H,5-9,12,15-17,20,23-47H2,1-4H3/b13-10-,14-11-,19-18-,22-21-. The minimum absolute atomic E-state index is 0.00607. The number of nitrogens with zero attached hydrogens (tertiary/aromatic N) is 1. The summed E-state index contributed by atoms with van der Waals surface area (Å²) in [6, 6.07) is 0. The zero-order valence-electron chi connectivity index (χ0n) is 40.7. The van der Waals surface area contributed by atoms with Crippen molar-refractivity contribution in [3.63, 3.8) is 0 Å². The number of carbonyl (C=O) groups is 3. The van der Waals surface area contributed by atoms with Gasteiger partial charge in [0.05, 0.1) is 12.5 Å². The molecule has 0 radical (unpaired) electrons. The average molecular weight is 888 g/mol. The Morgan fingerprint density at radius 1 is 0.571 bits per heavy atom. The van der Waals surface area contributed by atoms with Crippen molar-refractivity contribution in [3.05, 3.63) is 48.6 Å². The van der Waals surface area contributed by atoms with E-state index in [1.165, 1.54) is 25.7 Å². The van der Waals surface area contributed by atoms with Gasteiger partial charge in [-0.1, -0.05) is 108 Å². The normalized spacial score (nSPS) is 15.3. The van der Waals surface area contributed by atoms with Gasteiger partial charge in [0.1, 0.15) is 19.8 Å². The third-order valence-electron chi connectivity index (χ3n) is 11.2. The second-order valence-electron chi connectivity index (χ2n) is 17.2. The van der Waals surface area contributed by atoms with Crippen LogP contribution in [0.2, 0.25) is 0 Å². The lowest BCUT2D eigenvalue weighted by Crippen LogP contribution is -2.37. The molecule has 0 amide bonds. The van der Waals surface area contributed by atoms with Crippen LogP contribution in [0.4, 0.5) is 4.79 Å². The summed E-state index contributed by atoms with van der Waals surface area (Å²) in [5.74, 6) is -0.850. The van der Waals surface area contributed by atoms with Gasteiger partial charge in [0.2, 0.25) is 0 Å². The first-order valence-corrected chi connectivity index (χ1v) is 25.6. The molecule has 0 aliphatic carbocycles. The summed E-state index contributed by atoms with van der Waals surface area (Å²) in [4.78, 5) is 40.5. The minimum atomic E-state index is -0.753. The molecule has 0 bridgehead atoms. The Balaban J connectivity index is 2.51. The number of carbonyl (C=O) groups excluding carboxylic acids is 3. The fourth-order valence-corrected chi connectivity index (χ4v) is 7.30. The Hall–Kier alpha value is -2.95. The quantitative estimate of drug-likeness (QED) is 0.0193. The lowest BCUT2D eigenvalue weighted by atomic mass is 9.99. The van der Waals surface area contributed by atoms with Crippen molar-refractivity contribution in [1.29, 1.82) is 0 Å². The van der Waals surface area contributed by atoms with E-state index in [1.807, 2.05) is 0 Å². The predicted octanol–water partition coefficient (Wildman–Crippen LogP) is 13.6. The number of rotatable bonds is 42. The van der Waals surface area contributed by atoms with Crippen LogP contribution in [-0.4, -0.2) is 88.6 Å². The zero-order chi connectivity index (χ0) is 45.7. The van der Waals surface area contributed by atoms with Gasteiger partial charge in [0.15, 0.2) is 6.29 Å². The fraction of sp³-hybridized carbons (Fsp3) is 0.792. The Morgan fingerprint density at radius 3 is 1.68 bits per heavy atom. The van der Waals surface area contributed by atoms with Crippen LogP contribution in [0, 0.1) is 11.8 Å². The summed E-state index contributed by atoms with van der Waals surface area (Å²) < 4.78 is 34.4. The van der Waals surface area contributed by atoms with Gasteiger partial charge in [0, 0.05) is 38.5 Å². The maximum absolute atomic E-state index is 12.9. The third kappa shape index (κ3) is 38.1. The number of piperidine rings is 1. The molecule has 2 unspecified atom stereocenters. The van der Waals surface area contributed by atoms with E-state index in [0.29, 0.717) is 39.1 Å². The van der Waals surface area contributed by atoms with Crippen LogP contribution in [0.1, 0.15) is 195 Å². The highest BCUT2D eigenvalue weighted by molar-refractivity contribution is 5.69. The van der Waals surface area contributed by atoms with E-state index in [0.717, 1.165) is 135 Å². The van der Waals surface area contributed by atoms with Gasteiger partial charge in [-0.05, 0) is 135 Å². The summed E-state index contributed by atoms with van der Waals surface area (Å²) in [5, 5.41) is 0. The average Bonchev–Trinajstić information content (AvgIpc) is 3.29. The Morgan fingerprint density at radius 2 is 1.10 bits per heavy atom. The molecule has 10 heteroatoms. The molecule has 0 saturated carbocycles. The van der Waals surface area contributed by atoms with Crippen LogP contribution in [0.3, 0.4) is 0 Å². The number of allylic oxidation sites excluding steroid dienone is 8. The van der Waals surface area contributed by atoms with E-state index in [2.05, 4.69) is 81.2 Å². The lowest BCUT2D eigenvalue weighted by Gasteiger charge is -2.31. The Bertz CT molecular complexity index is 1180. The number of esters is 2. The van der Waals surface area contributed by atoms with Crippen molar-refractivity contribution in [2.24, 2.45) is 11.8 Å². The number of likely N-dealkylation sites (tertiary alicyclic amines) is 1. The monoisotopic (exact) mass is 888 g/mol. The molecule has 364 valence electrons. The molecule has 1 saturated heterocycles. The molecule has 2 atom stereocenters. The summed E-state index contributed by atoms with van der Waals surface area (Å²) >= 11 is 0. The lowest BCUT2D eigenvalue weighted by molar-refractivity contribution is -0.152. The zero-order valence-corrected chi connectivity index (χ0v) is 40.7. The topological polar surface area (TPSA) is 110 Å². The molecule has 0 N–H and O–H groups in total. The molecule has 1 aliphatic rings. The van der Waals surface area contributed by atoms with E-state index in [1.54, 1.807) is 0 Å². The van der Waals surface area contributed by atoms with Crippen LogP contribution in [-0.2, 0) is 38.0 Å². The maximum atomic E-state index is 12.9. The number of unbranched alkanes of at least 4 members (excludes halogenated alkanes) is 13. The van der Waals surface area contributed by atoms with Gasteiger partial charge in [-0.15, -0.1) is 0 Å². The highest BCUT2D eigenvalue weighted by atomic mass is 16.7. The molecule has 1 aliphatic heterocycles. The molecular formula is C53H93NO9. The highest BCUT2D eigenvalue weighted by Crippen LogP contribution is 2.18. The van der Waals surface area contributed by atoms with Gasteiger partial charge in [-0.3, -0.25) is 9.59 Å². The van der Waals surface area contributed by atoms with Crippen LogP contribution >= 0.6 is 0 Å². The number of hydrogen-bond donors (Lipinski definition) is 0. The van der Waals surface area contributed by atoms with Crippen molar-refractivity contribution in [1.82, 2.24) is 4.90 Å². The van der Waals surface area contributed by atoms with Crippen LogP contribution in [0.5, 0.6) is 0 Å². The van der Waals surface area contributed by atoms with Crippen LogP contribution in [0.15, 0.2) is 48.6 Å². The molecule has 63 heavy (non-hydrogen) atoms. The van der Waals surface area contributed by atoms with Crippen molar-refractivity contribution >= 4 is 18.1 Å². The largest absolute Gasteiger partial charge is 0.508 e. The van der Waals surface area contributed by atoms with E-state index in [-0.39, 0.29) is 50.4 Å². The maximum Gasteiger partial charge on any atom is 0.508 e. The first-order valence-electron chi connectivity index (χ1n) is 25.6. The van der Waals surface area contributed by atoms with Gasteiger partial charge in [0.25, 0.3) is 0 Å². The van der Waals surface area contributed by atoms with Crippen molar-refractivity contribution in [2.75, 3.05) is 59.3 Å². The first kappa shape index (κ1) is 58.1. The van der Waals surface area contributed by atoms with Gasteiger partial charge < -0.3 is 33.3 Å². The summed E-state index contributed by atoms with van der Waals surface area (Å²) in [6.45, 7) is 13.1. The predicted molar refractivity (Wildman–Crippen MR) is 258 cm³/mol. The van der Waals surface area contributed by atoms with Gasteiger partial charge in [-0.2, -0.15) is 0 Å². The summed E-state index contributed by atoms with van der Waals surface area (Å²) in [7, 11) is 0. The van der Waals surface area contributed by atoms with Crippen molar-refractivity contribution in [3.8, 4) is 0 Å². The second-order valence-corrected chi connectivity index (χ2v) is 17.2. The van der Waals surface area contributed by atoms with Crippen molar-refractivity contribution in [2.45, 2.75) is 201 Å². The summed E-state index contributed by atoms with van der Waals surface area (Å²) in [6.07, 6.45) is 42.3. The second kappa shape index (κ2) is 44.3. The third-order valence-corrected chi connectivity index (χ3v) is 11.2. The molecule has 0 aromatic carbocycles. The molecule has 1 heterocycles. The molecule has 0 aromatic rings. The van der Waals surface area contributed by atoms with E-state index >= 15 is 0 Å². The SMILES string of the molecule is CC/C=C\CCCCOC(CCCCC(=O)OCC(COC(=O)CCCCCCC/C=C\C/C=C\CCCCC)COC(=O)OCC1CCCN(CC)C1)OCCCC/C=C\CC. The first-order chi connectivity index (χ1) is 30.9. The molecule has 1 fully saturated rings. The van der Waals surface area contributed by atoms with E-state index < -0.39 is 12.1 Å². The Labute approximate surface area is 385 Å². The highest BCUT2D eigenvalue weighted by Gasteiger charge is 2.22. The van der Waals surface area contributed by atoms with Crippen LogP contribution < -0.4 is 0 Å². The van der Waals surface area contributed by atoms with E-state index in [4.69, 9.17) is 28.4 Å². The van der Waals surface area contributed by atoms with Gasteiger partial charge >= 0.3 is 18.1 Å². The molecule has 0 spiro atoms. The number of hydrogen-bond acceptors (Lipinski definition) is 10. The van der Waals surface area contributed by atoms with E-state index in [9.17, 15) is 14.4 Å². The molecule has 0 aromatic heterocycles. The molecule has 10 nitrogen and oxygen atoms in total. The molecular weight excluding hydrogens is 795 g/mol. The van der Waals surface area contributed by atoms with Gasteiger partial charge in [-0.25, -0.2) is 4.79 Å². The smallest absolute Gasteiger partial charge is 0.465 e. The minimum Gasteiger partial charge on any atom is -0.465 e. The fourth-order valence-electron chi connectivity index (χ4n) is 7.30. The summed E-state index contributed by atoms with van der Waals surface area (Å²) in [5.41, 5.74) is 0. The Kier molecular flexibility index (Phi) is 40.8.